The summed E-state index contributed by atoms with van der Waals surface area (Å²) in [6.45, 7) is 0.288. The van der Waals surface area contributed by atoms with Gasteiger partial charge in [0.05, 0.1) is 5.92 Å². The number of carbonyl (C=O) groups is 1. The van der Waals surface area contributed by atoms with Gasteiger partial charge in [0.25, 0.3) is 0 Å². The molecule has 1 N–H and O–H groups in total. The minimum atomic E-state index is -2.59. The third kappa shape index (κ3) is 5.13. The lowest BCUT2D eigenvalue weighted by molar-refractivity contribution is -0.149. The maximum Gasteiger partial charge on any atom is 0.308 e. The fourth-order valence-corrected chi connectivity index (χ4v) is 2.02. The molecule has 0 saturated heterocycles. The Kier molecular flexibility index (Phi) is 5.63. The number of esters is 1. The van der Waals surface area contributed by atoms with Gasteiger partial charge >= 0.3 is 5.97 Å². The van der Waals surface area contributed by atoms with Crippen molar-refractivity contribution in [2.45, 2.75) is 32.1 Å². The molecule has 5 nitrogen and oxygen atoms in total. The number of nitrogens with one attached hydrogen (secondary N) is 1. The van der Waals surface area contributed by atoms with Crippen molar-refractivity contribution in [3.8, 4) is 0 Å². The van der Waals surface area contributed by atoms with E-state index in [-0.39, 0.29) is 25.0 Å². The molecule has 1 aliphatic rings. The Morgan fingerprint density at radius 1 is 1.27 bits per heavy atom. The smallest absolute Gasteiger partial charge is 0.308 e. The highest BCUT2D eigenvalue weighted by molar-refractivity contribution is 7.70. The predicted molar refractivity (Wildman–Crippen MR) is 55.9 cm³/mol. The fraction of sp³-hybridized carbons (Fsp3) is 0.889. The van der Waals surface area contributed by atoms with Crippen LogP contribution in [0.25, 0.3) is 0 Å². The van der Waals surface area contributed by atoms with Crippen molar-refractivity contribution in [1.29, 1.82) is 0 Å². The molecule has 0 aromatic rings. The number of rotatable bonds is 5. The van der Waals surface area contributed by atoms with Gasteiger partial charge in [-0.1, -0.05) is 19.3 Å². The van der Waals surface area contributed by atoms with Crippen molar-refractivity contribution in [2.24, 2.45) is 5.92 Å². The topological polar surface area (TPSA) is 72.5 Å². The molecule has 0 unspecified atom stereocenters. The van der Waals surface area contributed by atoms with Crippen LogP contribution in [0, 0.1) is 5.92 Å². The third-order valence-electron chi connectivity index (χ3n) is 2.53. The summed E-state index contributed by atoms with van der Waals surface area (Å²) in [4.78, 5) is 11.4. The van der Waals surface area contributed by atoms with E-state index in [2.05, 4.69) is 4.72 Å². The Hall–Kier alpha value is -0.620. The molecular formula is C9H17NO4S. The van der Waals surface area contributed by atoms with Crippen LogP contribution in [0.15, 0.2) is 0 Å². The molecule has 1 saturated carbocycles. The van der Waals surface area contributed by atoms with Crippen LogP contribution in [0.1, 0.15) is 32.1 Å². The van der Waals surface area contributed by atoms with Gasteiger partial charge in [-0.15, -0.1) is 0 Å². The molecule has 0 amide bonds. The van der Waals surface area contributed by atoms with Crippen molar-refractivity contribution in [3.63, 3.8) is 0 Å². The van der Waals surface area contributed by atoms with E-state index >= 15 is 0 Å². The lowest BCUT2D eigenvalue weighted by atomic mass is 9.89. The van der Waals surface area contributed by atoms with Gasteiger partial charge in [0, 0.05) is 6.54 Å². The summed E-state index contributed by atoms with van der Waals surface area (Å²) in [5, 5.41) is 0. The summed E-state index contributed by atoms with van der Waals surface area (Å²) in [6, 6.07) is 0. The summed E-state index contributed by atoms with van der Waals surface area (Å²) in [5.41, 5.74) is 0. The molecule has 1 aliphatic carbocycles. The summed E-state index contributed by atoms with van der Waals surface area (Å²) in [5.74, 6) is -0.155. The minimum absolute atomic E-state index is 0.0276. The van der Waals surface area contributed by atoms with Crippen LogP contribution in [-0.2, 0) is 20.4 Å². The number of hydrogen-bond donors (Lipinski definition) is 2. The molecule has 0 spiro atoms. The van der Waals surface area contributed by atoms with Crippen LogP contribution in [0.3, 0.4) is 0 Å². The van der Waals surface area contributed by atoms with E-state index in [1.54, 1.807) is 0 Å². The van der Waals surface area contributed by atoms with Crippen molar-refractivity contribution >= 4 is 16.9 Å². The van der Waals surface area contributed by atoms with Crippen LogP contribution in [0.5, 0.6) is 0 Å². The van der Waals surface area contributed by atoms with E-state index < -0.39 is 10.9 Å². The third-order valence-corrected chi connectivity index (χ3v) is 3.01. The average molecular weight is 235 g/mol. The van der Waals surface area contributed by atoms with E-state index in [0.29, 0.717) is 0 Å². The van der Waals surface area contributed by atoms with Crippen molar-refractivity contribution in [3.05, 3.63) is 0 Å². The van der Waals surface area contributed by atoms with Gasteiger partial charge in [0.1, 0.15) is 6.61 Å². The zero-order chi connectivity index (χ0) is 11.1. The highest BCUT2D eigenvalue weighted by Crippen LogP contribution is 2.24. The zero-order valence-corrected chi connectivity index (χ0v) is 9.50. The predicted octanol–water partition coefficient (Wildman–Crippen LogP) is 0.226. The first-order chi connectivity index (χ1) is 7.20. The molecule has 0 bridgehead atoms. The summed E-state index contributed by atoms with van der Waals surface area (Å²) in [7, 11) is -2.59. The Morgan fingerprint density at radius 2 is 1.93 bits per heavy atom. The molecule has 0 aromatic carbocycles. The molecule has 0 atom stereocenters. The zero-order valence-electron chi connectivity index (χ0n) is 8.61. The SMILES string of the molecule is O=C(OCCN[SH](=O)=O)C1CCCCC1. The second-order valence-corrected chi connectivity index (χ2v) is 4.50. The van der Waals surface area contributed by atoms with Crippen LogP contribution in [0.2, 0.25) is 0 Å². The largest absolute Gasteiger partial charge is 0.464 e. The number of thiol groups is 1. The van der Waals surface area contributed by atoms with Crippen LogP contribution in [-0.4, -0.2) is 27.5 Å². The standard InChI is InChI=1S/C9H17NO4S/c11-9(8-4-2-1-3-5-8)14-7-6-10-15(12)13/h8,15H,1-7H2,(H,10,12,13). The number of ether oxygens (including phenoxy) is 1. The van der Waals surface area contributed by atoms with Crippen LogP contribution < -0.4 is 4.72 Å². The first-order valence-electron chi connectivity index (χ1n) is 5.24. The monoisotopic (exact) mass is 235 g/mol. The maximum atomic E-state index is 11.4. The molecule has 0 heterocycles. The van der Waals surface area contributed by atoms with Crippen LogP contribution in [0.4, 0.5) is 0 Å². The van der Waals surface area contributed by atoms with Crippen molar-refractivity contribution < 1.29 is 17.9 Å². The van der Waals surface area contributed by atoms with E-state index in [1.807, 2.05) is 0 Å². The Balaban J connectivity index is 2.12. The Labute approximate surface area is 91.3 Å². The van der Waals surface area contributed by atoms with E-state index in [9.17, 15) is 13.2 Å². The van der Waals surface area contributed by atoms with Gasteiger partial charge < -0.3 is 4.74 Å². The van der Waals surface area contributed by atoms with Gasteiger partial charge in [-0.05, 0) is 12.8 Å². The first kappa shape index (κ1) is 12.4. The second kappa shape index (κ2) is 6.79. The Morgan fingerprint density at radius 3 is 2.53 bits per heavy atom. The summed E-state index contributed by atoms with van der Waals surface area (Å²) < 4.78 is 27.4. The second-order valence-electron chi connectivity index (χ2n) is 3.67. The molecular weight excluding hydrogens is 218 g/mol. The molecule has 15 heavy (non-hydrogen) atoms. The van der Waals surface area contributed by atoms with E-state index in [0.717, 1.165) is 25.7 Å². The van der Waals surface area contributed by atoms with Gasteiger partial charge in [-0.3, -0.25) is 4.79 Å². The van der Waals surface area contributed by atoms with Gasteiger partial charge in [0.15, 0.2) is 0 Å². The first-order valence-corrected chi connectivity index (χ1v) is 6.42. The van der Waals surface area contributed by atoms with Gasteiger partial charge in [-0.25, -0.2) is 13.1 Å². The number of carbonyl (C=O) groups excluding carboxylic acids is 1. The van der Waals surface area contributed by atoms with Gasteiger partial charge in [-0.2, -0.15) is 0 Å². The average Bonchev–Trinajstić information content (AvgIpc) is 2.25. The lowest BCUT2D eigenvalue weighted by Crippen LogP contribution is -2.25. The normalized spacial score (nSPS) is 17.9. The number of hydrogen-bond acceptors (Lipinski definition) is 4. The summed E-state index contributed by atoms with van der Waals surface area (Å²) >= 11 is 0. The maximum absolute atomic E-state index is 11.4. The fourth-order valence-electron chi connectivity index (χ4n) is 1.74. The lowest BCUT2D eigenvalue weighted by Gasteiger charge is -2.19. The van der Waals surface area contributed by atoms with Crippen molar-refractivity contribution in [1.82, 2.24) is 4.72 Å². The molecule has 6 heteroatoms. The van der Waals surface area contributed by atoms with Crippen LogP contribution >= 0.6 is 0 Å². The molecule has 0 aromatic heterocycles. The van der Waals surface area contributed by atoms with Gasteiger partial charge in [0.2, 0.25) is 10.9 Å². The quantitative estimate of drug-likeness (QED) is 0.406. The highest BCUT2D eigenvalue weighted by Gasteiger charge is 2.21. The Bertz CT molecular complexity index is 263. The molecule has 1 rings (SSSR count). The summed E-state index contributed by atoms with van der Waals surface area (Å²) in [6.07, 6.45) is 5.18. The molecule has 1 fully saturated rings. The highest BCUT2D eigenvalue weighted by atomic mass is 32.2. The van der Waals surface area contributed by atoms with E-state index in [4.69, 9.17) is 4.74 Å². The molecule has 0 aliphatic heterocycles. The molecule has 88 valence electrons. The van der Waals surface area contributed by atoms with Crippen molar-refractivity contribution in [2.75, 3.05) is 13.2 Å². The minimum Gasteiger partial charge on any atom is -0.464 e. The van der Waals surface area contributed by atoms with E-state index in [1.165, 1.54) is 6.42 Å². The molecule has 0 radical (unpaired) electrons.